The summed E-state index contributed by atoms with van der Waals surface area (Å²) in [5.41, 5.74) is 1.70. The standard InChI is InChI=1S/C24H23N3O2.K/c1-24(2,23(28)29)22(27-14-13-25-16-27)18-8-10-20(11-9-18)26-21-12-7-17-5-3-4-6-19(17)15-21;/h3-16,22,26H,1-2H3,(H,28,29);/q;+1/p-1. The van der Waals surface area contributed by atoms with Crippen LogP contribution in [0.5, 0.6) is 0 Å². The molecule has 4 aromatic rings. The molecule has 5 nitrogen and oxygen atoms in total. The van der Waals surface area contributed by atoms with Crippen molar-refractivity contribution < 1.29 is 61.3 Å². The number of fused-ring (bicyclic) bond motifs is 1. The van der Waals surface area contributed by atoms with Crippen molar-refractivity contribution in [1.82, 2.24) is 9.55 Å². The maximum Gasteiger partial charge on any atom is 1.00 e. The Bertz CT molecular complexity index is 1140. The summed E-state index contributed by atoms with van der Waals surface area (Å²) in [6, 6.07) is 21.8. The molecule has 0 aliphatic carbocycles. The van der Waals surface area contributed by atoms with Crippen LogP contribution in [0.2, 0.25) is 0 Å². The molecule has 1 unspecified atom stereocenters. The van der Waals surface area contributed by atoms with Crippen molar-refractivity contribution in [3.8, 4) is 0 Å². The normalized spacial score (nSPS) is 12.2. The predicted octanol–water partition coefficient (Wildman–Crippen LogP) is 1.15. The molecule has 1 atom stereocenters. The second-order valence-corrected chi connectivity index (χ2v) is 7.73. The maximum atomic E-state index is 11.8. The zero-order valence-electron chi connectivity index (χ0n) is 17.4. The number of carbonyl (C=O) groups is 1. The summed E-state index contributed by atoms with van der Waals surface area (Å²) in [5.74, 6) is -1.10. The molecule has 6 heteroatoms. The summed E-state index contributed by atoms with van der Waals surface area (Å²) in [4.78, 5) is 15.9. The third kappa shape index (κ3) is 4.68. The molecule has 1 aromatic heterocycles. The van der Waals surface area contributed by atoms with Crippen molar-refractivity contribution in [1.29, 1.82) is 0 Å². The van der Waals surface area contributed by atoms with E-state index in [0.29, 0.717) is 0 Å². The summed E-state index contributed by atoms with van der Waals surface area (Å²) in [5, 5.41) is 17.6. The Morgan fingerprint density at radius 1 is 1.00 bits per heavy atom. The minimum atomic E-state index is -1.10. The fourth-order valence-electron chi connectivity index (χ4n) is 3.68. The minimum Gasteiger partial charge on any atom is -0.549 e. The summed E-state index contributed by atoms with van der Waals surface area (Å²) in [6.45, 7) is 3.35. The third-order valence-electron chi connectivity index (χ3n) is 5.30. The van der Waals surface area contributed by atoms with Crippen LogP contribution in [0.3, 0.4) is 0 Å². The number of imidazole rings is 1. The number of carbonyl (C=O) groups excluding carboxylic acids is 1. The quantitative estimate of drug-likeness (QED) is 0.473. The van der Waals surface area contributed by atoms with Crippen LogP contribution in [0, 0.1) is 5.41 Å². The van der Waals surface area contributed by atoms with Gasteiger partial charge in [0, 0.05) is 35.2 Å². The average Bonchev–Trinajstić information content (AvgIpc) is 3.23. The van der Waals surface area contributed by atoms with Gasteiger partial charge in [-0.1, -0.05) is 56.3 Å². The molecule has 4 rings (SSSR count). The molecule has 0 aliphatic heterocycles. The van der Waals surface area contributed by atoms with Crippen LogP contribution in [0.15, 0.2) is 85.5 Å². The SMILES string of the molecule is CC(C)(C(=O)[O-])C(c1ccc(Nc2ccc3ccccc3c2)cc1)n1ccnc1.[K+]. The first kappa shape index (κ1) is 22.7. The molecule has 0 bridgehead atoms. The van der Waals surface area contributed by atoms with Gasteiger partial charge in [0.05, 0.1) is 12.4 Å². The molecule has 0 fully saturated rings. The Morgan fingerprint density at radius 3 is 2.30 bits per heavy atom. The van der Waals surface area contributed by atoms with E-state index in [9.17, 15) is 9.90 Å². The van der Waals surface area contributed by atoms with E-state index in [1.807, 2.05) is 47.0 Å². The monoisotopic (exact) mass is 423 g/mol. The number of carboxylic acid groups (broad SMARTS) is 1. The number of benzene rings is 3. The van der Waals surface area contributed by atoms with E-state index in [-0.39, 0.29) is 51.4 Å². The van der Waals surface area contributed by atoms with Crippen molar-refractivity contribution in [2.45, 2.75) is 19.9 Å². The van der Waals surface area contributed by atoms with Gasteiger partial charge in [0.15, 0.2) is 0 Å². The molecule has 0 amide bonds. The molecule has 0 aliphatic rings. The van der Waals surface area contributed by atoms with Gasteiger partial charge in [0.1, 0.15) is 0 Å². The molecule has 0 radical (unpaired) electrons. The Morgan fingerprint density at radius 2 is 1.67 bits per heavy atom. The summed E-state index contributed by atoms with van der Waals surface area (Å²) < 4.78 is 1.81. The molecular weight excluding hydrogens is 401 g/mol. The third-order valence-corrected chi connectivity index (χ3v) is 5.30. The Hall–Kier alpha value is -1.96. The summed E-state index contributed by atoms with van der Waals surface area (Å²) in [7, 11) is 0. The van der Waals surface area contributed by atoms with Crippen LogP contribution in [-0.4, -0.2) is 15.5 Å². The zero-order valence-corrected chi connectivity index (χ0v) is 20.5. The van der Waals surface area contributed by atoms with Crippen molar-refractivity contribution in [3.63, 3.8) is 0 Å². The van der Waals surface area contributed by atoms with E-state index >= 15 is 0 Å². The van der Waals surface area contributed by atoms with Crippen molar-refractivity contribution in [3.05, 3.63) is 91.0 Å². The van der Waals surface area contributed by atoms with Gasteiger partial charge >= 0.3 is 51.4 Å². The van der Waals surface area contributed by atoms with Crippen molar-refractivity contribution in [2.24, 2.45) is 5.41 Å². The van der Waals surface area contributed by atoms with Crippen LogP contribution in [0.25, 0.3) is 10.8 Å². The van der Waals surface area contributed by atoms with Crippen molar-refractivity contribution in [2.75, 3.05) is 5.32 Å². The van der Waals surface area contributed by atoms with Gasteiger partial charge in [-0.05, 0) is 40.6 Å². The summed E-state index contributed by atoms with van der Waals surface area (Å²) in [6.07, 6.45) is 5.06. The van der Waals surface area contributed by atoms with E-state index in [1.165, 1.54) is 10.8 Å². The first-order valence-corrected chi connectivity index (χ1v) is 9.50. The summed E-state index contributed by atoms with van der Waals surface area (Å²) >= 11 is 0. The van der Waals surface area contributed by atoms with Gasteiger partial charge < -0.3 is 19.8 Å². The number of aromatic nitrogens is 2. The topological polar surface area (TPSA) is 70.0 Å². The molecule has 1 N–H and O–H groups in total. The zero-order chi connectivity index (χ0) is 20.4. The number of carboxylic acids is 1. The van der Waals surface area contributed by atoms with E-state index in [2.05, 4.69) is 34.6 Å². The molecule has 0 saturated heterocycles. The van der Waals surface area contributed by atoms with Gasteiger partial charge in [-0.3, -0.25) is 0 Å². The Balaban J connectivity index is 0.00000256. The Labute approximate surface area is 218 Å². The molecule has 30 heavy (non-hydrogen) atoms. The van der Waals surface area contributed by atoms with E-state index in [0.717, 1.165) is 16.9 Å². The largest absolute Gasteiger partial charge is 1.00 e. The second kappa shape index (κ2) is 9.45. The fraction of sp³-hybridized carbons (Fsp3) is 0.167. The van der Waals surface area contributed by atoms with Gasteiger partial charge in [0.25, 0.3) is 0 Å². The number of hydrogen-bond acceptors (Lipinski definition) is 4. The average molecular weight is 424 g/mol. The van der Waals surface area contributed by atoms with Crippen LogP contribution < -0.4 is 61.8 Å². The van der Waals surface area contributed by atoms with Crippen molar-refractivity contribution >= 4 is 28.1 Å². The minimum absolute atomic E-state index is 0. The molecule has 0 saturated carbocycles. The van der Waals surface area contributed by atoms with E-state index in [1.54, 1.807) is 32.6 Å². The molecule has 0 spiro atoms. The first-order chi connectivity index (χ1) is 13.9. The maximum absolute atomic E-state index is 11.8. The number of anilines is 2. The van der Waals surface area contributed by atoms with E-state index in [4.69, 9.17) is 0 Å². The smallest absolute Gasteiger partial charge is 0.549 e. The number of aliphatic carboxylic acids is 1. The molecule has 3 aromatic carbocycles. The van der Waals surface area contributed by atoms with Gasteiger partial charge in [-0.25, -0.2) is 4.98 Å². The van der Waals surface area contributed by atoms with Gasteiger partial charge in [-0.2, -0.15) is 0 Å². The number of nitrogens with zero attached hydrogens (tertiary/aromatic N) is 2. The van der Waals surface area contributed by atoms with Gasteiger partial charge in [-0.15, -0.1) is 0 Å². The Kier molecular flexibility index (Phi) is 7.16. The van der Waals surface area contributed by atoms with Gasteiger partial charge in [0.2, 0.25) is 0 Å². The van der Waals surface area contributed by atoms with E-state index < -0.39 is 17.4 Å². The number of rotatable bonds is 6. The second-order valence-electron chi connectivity index (χ2n) is 7.73. The van der Waals surface area contributed by atoms with Crippen LogP contribution >= 0.6 is 0 Å². The predicted molar refractivity (Wildman–Crippen MR) is 113 cm³/mol. The number of nitrogens with one attached hydrogen (secondary N) is 1. The molecule has 1 heterocycles. The first-order valence-electron chi connectivity index (χ1n) is 9.50. The fourth-order valence-corrected chi connectivity index (χ4v) is 3.68. The molecule has 146 valence electrons. The van der Waals surface area contributed by atoms with Crippen LogP contribution in [-0.2, 0) is 4.79 Å². The van der Waals surface area contributed by atoms with Crippen LogP contribution in [0.1, 0.15) is 25.5 Å². The van der Waals surface area contributed by atoms with Crippen LogP contribution in [0.4, 0.5) is 11.4 Å². The molecular formula is C24H22KN3O2. The number of hydrogen-bond donors (Lipinski definition) is 1.